The molecule has 0 fully saturated rings. The van der Waals surface area contributed by atoms with E-state index in [0.717, 1.165) is 4.90 Å². The van der Waals surface area contributed by atoms with E-state index in [1.54, 1.807) is 7.05 Å². The zero-order valence-corrected chi connectivity index (χ0v) is 9.31. The molecule has 0 spiro atoms. The number of hydrogen-bond acceptors (Lipinski definition) is 4. The summed E-state index contributed by atoms with van der Waals surface area (Å²) in [5, 5.41) is 12.5. The van der Waals surface area contributed by atoms with Crippen LogP contribution in [0.1, 0.15) is 10.5 Å². The molecule has 0 saturated carbocycles. The minimum atomic E-state index is -2.67. The van der Waals surface area contributed by atoms with Crippen LogP contribution < -0.4 is 5.73 Å². The molecule has 1 heterocycles. The van der Waals surface area contributed by atoms with Crippen LogP contribution in [0.3, 0.4) is 0 Å². The third-order valence-electron chi connectivity index (χ3n) is 2.08. The third-order valence-corrected chi connectivity index (χ3v) is 2.08. The summed E-state index contributed by atoms with van der Waals surface area (Å²) in [5.74, 6) is -0.711. The number of halogens is 2. The van der Waals surface area contributed by atoms with Crippen molar-refractivity contribution in [2.24, 2.45) is 7.05 Å². The van der Waals surface area contributed by atoms with E-state index in [1.165, 1.54) is 10.9 Å². The van der Waals surface area contributed by atoms with Crippen LogP contribution >= 0.6 is 0 Å². The Hall–Kier alpha value is -1.70. The highest BCUT2D eigenvalue weighted by molar-refractivity contribution is 5.97. The molecule has 17 heavy (non-hydrogen) atoms. The molecule has 0 aromatic carbocycles. The summed E-state index contributed by atoms with van der Waals surface area (Å²) >= 11 is 0. The van der Waals surface area contributed by atoms with Gasteiger partial charge in [-0.15, -0.1) is 0 Å². The van der Waals surface area contributed by atoms with E-state index >= 15 is 0 Å². The van der Waals surface area contributed by atoms with Gasteiger partial charge in [-0.25, -0.2) is 8.78 Å². The predicted octanol–water partition coefficient (Wildman–Crippen LogP) is -0.298. The summed E-state index contributed by atoms with van der Waals surface area (Å²) in [7, 11) is 1.57. The van der Waals surface area contributed by atoms with Crippen molar-refractivity contribution < 1.29 is 18.7 Å². The number of nitrogens with zero attached hydrogens (tertiary/aromatic N) is 3. The molecule has 1 amide bonds. The zero-order valence-electron chi connectivity index (χ0n) is 9.31. The number of hydrogen-bond donors (Lipinski definition) is 2. The molecule has 1 aromatic heterocycles. The molecule has 1 aromatic rings. The lowest BCUT2D eigenvalue weighted by Gasteiger charge is -2.20. The summed E-state index contributed by atoms with van der Waals surface area (Å²) in [6.45, 7) is -1.33. The highest BCUT2D eigenvalue weighted by atomic mass is 19.3. The Labute approximate surface area is 96.6 Å². The fraction of sp³-hybridized carbons (Fsp3) is 0.556. The summed E-state index contributed by atoms with van der Waals surface area (Å²) in [6, 6.07) is 0. The molecule has 0 saturated heterocycles. The molecule has 0 bridgehead atoms. The van der Waals surface area contributed by atoms with E-state index in [1.807, 2.05) is 0 Å². The number of carbonyl (C=O) groups is 1. The smallest absolute Gasteiger partial charge is 0.276 e. The van der Waals surface area contributed by atoms with Gasteiger partial charge in [0.15, 0.2) is 5.69 Å². The lowest BCUT2D eigenvalue weighted by atomic mass is 10.3. The maximum absolute atomic E-state index is 12.3. The molecule has 0 atom stereocenters. The van der Waals surface area contributed by atoms with Crippen molar-refractivity contribution in [2.45, 2.75) is 6.43 Å². The van der Waals surface area contributed by atoms with Crippen LogP contribution in [0, 0.1) is 0 Å². The lowest BCUT2D eigenvalue weighted by molar-refractivity contribution is 0.0504. The van der Waals surface area contributed by atoms with Gasteiger partial charge in [0.25, 0.3) is 12.3 Å². The molecule has 6 nitrogen and oxygen atoms in total. The van der Waals surface area contributed by atoms with Crippen LogP contribution in [-0.4, -0.2) is 51.8 Å². The Morgan fingerprint density at radius 1 is 1.71 bits per heavy atom. The lowest BCUT2D eigenvalue weighted by Crippen LogP contribution is -2.37. The van der Waals surface area contributed by atoms with Crippen LogP contribution in [0.2, 0.25) is 0 Å². The summed E-state index contributed by atoms with van der Waals surface area (Å²) in [5.41, 5.74) is 5.56. The molecule has 3 N–H and O–H groups in total. The van der Waals surface area contributed by atoms with Gasteiger partial charge in [-0.05, 0) is 0 Å². The van der Waals surface area contributed by atoms with E-state index in [9.17, 15) is 13.6 Å². The maximum atomic E-state index is 12.3. The number of amides is 1. The Morgan fingerprint density at radius 3 is 2.76 bits per heavy atom. The topological polar surface area (TPSA) is 84.4 Å². The number of aromatic nitrogens is 2. The van der Waals surface area contributed by atoms with Gasteiger partial charge in [0.05, 0.1) is 18.8 Å². The summed E-state index contributed by atoms with van der Waals surface area (Å²) in [4.78, 5) is 12.7. The van der Waals surface area contributed by atoms with Crippen LogP contribution in [0.5, 0.6) is 0 Å². The second-order valence-corrected chi connectivity index (χ2v) is 3.47. The van der Waals surface area contributed by atoms with Crippen LogP contribution in [-0.2, 0) is 7.05 Å². The van der Waals surface area contributed by atoms with Crippen LogP contribution in [0.25, 0.3) is 0 Å². The number of nitrogens with two attached hydrogens (primary N) is 1. The summed E-state index contributed by atoms with van der Waals surface area (Å²) in [6.07, 6.45) is -1.26. The molecular weight excluding hydrogens is 234 g/mol. The molecule has 8 heteroatoms. The average molecular weight is 248 g/mol. The second kappa shape index (κ2) is 5.58. The highest BCUT2D eigenvalue weighted by Gasteiger charge is 2.23. The summed E-state index contributed by atoms with van der Waals surface area (Å²) < 4.78 is 25.8. The molecule has 96 valence electrons. The number of aryl methyl sites for hydroxylation is 1. The van der Waals surface area contributed by atoms with E-state index in [0.29, 0.717) is 0 Å². The van der Waals surface area contributed by atoms with Crippen molar-refractivity contribution >= 4 is 11.6 Å². The minimum absolute atomic E-state index is 0.0819. The van der Waals surface area contributed by atoms with Crippen molar-refractivity contribution in [3.8, 4) is 0 Å². The number of aliphatic hydroxyl groups excluding tert-OH is 1. The molecular formula is C9H14F2N4O2. The molecule has 0 aliphatic heterocycles. The number of alkyl halides is 2. The van der Waals surface area contributed by atoms with E-state index in [2.05, 4.69) is 5.10 Å². The maximum Gasteiger partial charge on any atom is 0.276 e. The van der Waals surface area contributed by atoms with Gasteiger partial charge >= 0.3 is 0 Å². The van der Waals surface area contributed by atoms with Gasteiger partial charge in [-0.1, -0.05) is 0 Å². The van der Waals surface area contributed by atoms with Gasteiger partial charge < -0.3 is 15.7 Å². The Morgan fingerprint density at radius 2 is 2.35 bits per heavy atom. The van der Waals surface area contributed by atoms with Crippen LogP contribution in [0.15, 0.2) is 6.20 Å². The number of aliphatic hydroxyl groups is 1. The average Bonchev–Trinajstić information content (AvgIpc) is 2.55. The first kappa shape index (κ1) is 13.4. The van der Waals surface area contributed by atoms with Gasteiger partial charge in [0.2, 0.25) is 0 Å². The van der Waals surface area contributed by atoms with E-state index < -0.39 is 25.5 Å². The zero-order chi connectivity index (χ0) is 13.0. The molecule has 0 aliphatic rings. The first-order valence-corrected chi connectivity index (χ1v) is 4.93. The molecule has 0 aliphatic carbocycles. The van der Waals surface area contributed by atoms with Crippen LogP contribution in [0.4, 0.5) is 14.5 Å². The van der Waals surface area contributed by atoms with Gasteiger partial charge in [0, 0.05) is 19.8 Å². The largest absolute Gasteiger partial charge is 0.396 e. The number of rotatable bonds is 5. The van der Waals surface area contributed by atoms with Crippen molar-refractivity contribution in [1.29, 1.82) is 0 Å². The Bertz CT molecular complexity index is 394. The Kier molecular flexibility index (Phi) is 4.38. The number of nitrogen functional groups attached to an aromatic ring is 1. The first-order valence-electron chi connectivity index (χ1n) is 4.93. The number of anilines is 1. The SMILES string of the molecule is Cn1cc(N)c(C(=O)N(CCO)CC(F)F)n1. The third kappa shape index (κ3) is 3.38. The van der Waals surface area contributed by atoms with Crippen molar-refractivity contribution in [2.75, 3.05) is 25.4 Å². The quantitative estimate of drug-likeness (QED) is 0.749. The first-order chi connectivity index (χ1) is 7.95. The second-order valence-electron chi connectivity index (χ2n) is 3.47. The van der Waals surface area contributed by atoms with E-state index in [4.69, 9.17) is 10.8 Å². The standard InChI is InChI=1S/C9H14F2N4O2/c1-14-4-6(12)8(13-14)9(17)15(2-3-16)5-7(10)11/h4,7,16H,2-3,5,12H2,1H3. The highest BCUT2D eigenvalue weighted by Crippen LogP contribution is 2.12. The Balaban J connectivity index is 2.87. The monoisotopic (exact) mass is 248 g/mol. The minimum Gasteiger partial charge on any atom is -0.396 e. The van der Waals surface area contributed by atoms with Crippen molar-refractivity contribution in [3.63, 3.8) is 0 Å². The normalized spacial score (nSPS) is 10.9. The van der Waals surface area contributed by atoms with E-state index in [-0.39, 0.29) is 17.9 Å². The predicted molar refractivity (Wildman–Crippen MR) is 56.6 cm³/mol. The van der Waals surface area contributed by atoms with Crippen molar-refractivity contribution in [3.05, 3.63) is 11.9 Å². The molecule has 0 unspecified atom stereocenters. The van der Waals surface area contributed by atoms with Crippen molar-refractivity contribution in [1.82, 2.24) is 14.7 Å². The number of carbonyl (C=O) groups excluding carboxylic acids is 1. The van der Waals surface area contributed by atoms with Gasteiger partial charge in [0.1, 0.15) is 0 Å². The van der Waals surface area contributed by atoms with Gasteiger partial charge in [-0.2, -0.15) is 5.10 Å². The fourth-order valence-electron chi connectivity index (χ4n) is 1.39. The molecule has 0 radical (unpaired) electrons. The molecule has 1 rings (SSSR count). The fourth-order valence-corrected chi connectivity index (χ4v) is 1.39. The van der Waals surface area contributed by atoms with Gasteiger partial charge in [-0.3, -0.25) is 9.48 Å².